The van der Waals surface area contributed by atoms with E-state index in [0.29, 0.717) is 26.1 Å². The first kappa shape index (κ1) is 16.9. The summed E-state index contributed by atoms with van der Waals surface area (Å²) >= 11 is 0. The van der Waals surface area contributed by atoms with Crippen LogP contribution in [0.5, 0.6) is 0 Å². The third kappa shape index (κ3) is 5.98. The molecule has 1 amide bonds. The molecule has 18 heavy (non-hydrogen) atoms. The molecule has 0 heterocycles. The van der Waals surface area contributed by atoms with E-state index in [9.17, 15) is 4.79 Å². The Labute approximate surface area is 111 Å². The van der Waals surface area contributed by atoms with Crippen LogP contribution in [0, 0.1) is 0 Å². The molecule has 0 aliphatic heterocycles. The molecule has 104 valence electrons. The molecule has 0 saturated carbocycles. The van der Waals surface area contributed by atoms with Gasteiger partial charge in [-0.3, -0.25) is 9.80 Å². The molecule has 0 aliphatic carbocycles. The molecule has 0 atom stereocenters. The maximum atomic E-state index is 12.2. The highest BCUT2D eigenvalue weighted by molar-refractivity contribution is 5.76. The first-order valence-electron chi connectivity index (χ1n) is 6.57. The molecule has 0 saturated heterocycles. The molecule has 0 aromatic rings. The second-order valence-electron chi connectivity index (χ2n) is 4.38. The van der Waals surface area contributed by atoms with Gasteiger partial charge in [0.1, 0.15) is 0 Å². The van der Waals surface area contributed by atoms with Crippen molar-refractivity contribution in [3.63, 3.8) is 0 Å². The molecule has 0 aliphatic rings. The van der Waals surface area contributed by atoms with Crippen molar-refractivity contribution in [2.24, 2.45) is 0 Å². The van der Waals surface area contributed by atoms with E-state index in [1.165, 1.54) is 0 Å². The zero-order valence-electron chi connectivity index (χ0n) is 12.0. The summed E-state index contributed by atoms with van der Waals surface area (Å²) in [5.74, 6) is 0.134. The zero-order valence-corrected chi connectivity index (χ0v) is 12.0. The summed E-state index contributed by atoms with van der Waals surface area (Å²) in [5, 5.41) is 6.95. The summed E-state index contributed by atoms with van der Waals surface area (Å²) in [6.07, 6.45) is 4.11. The number of rotatable bonds is 10. The van der Waals surface area contributed by atoms with Gasteiger partial charge in [-0.1, -0.05) is 19.1 Å². The van der Waals surface area contributed by atoms with Gasteiger partial charge in [0.25, 0.3) is 0 Å². The van der Waals surface area contributed by atoms with Crippen LogP contribution in [0.15, 0.2) is 25.3 Å². The molecule has 4 heteroatoms. The van der Waals surface area contributed by atoms with Gasteiger partial charge >= 0.3 is 0 Å². The van der Waals surface area contributed by atoms with Crippen LogP contribution in [-0.2, 0) is 4.79 Å². The average Bonchev–Trinajstić information content (AvgIpc) is 2.29. The predicted octanol–water partition coefficient (Wildman–Crippen LogP) is 1.81. The Hall–Kier alpha value is -1.13. The zero-order chi connectivity index (χ0) is 14.0. The molecule has 0 fully saturated rings. The Kier molecular flexibility index (Phi) is 9.24. The van der Waals surface area contributed by atoms with Crippen molar-refractivity contribution >= 4 is 5.91 Å². The molecule has 0 spiro atoms. The maximum Gasteiger partial charge on any atom is 0.238 e. The molecule has 0 radical (unpaired) electrons. The van der Waals surface area contributed by atoms with E-state index in [2.05, 4.69) is 18.5 Å². The summed E-state index contributed by atoms with van der Waals surface area (Å²) < 4.78 is 0. The number of carbonyl (C=O) groups excluding carboxylic acids is 1. The SMILES string of the molecule is C=CCN(CC=C)N(C(=O)CCNCC)C(C)C. The smallest absolute Gasteiger partial charge is 0.238 e. The number of nitrogens with one attached hydrogen (secondary N) is 1. The summed E-state index contributed by atoms with van der Waals surface area (Å²) in [7, 11) is 0. The lowest BCUT2D eigenvalue weighted by Crippen LogP contribution is -2.51. The van der Waals surface area contributed by atoms with Crippen LogP contribution in [0.2, 0.25) is 0 Å². The second-order valence-corrected chi connectivity index (χ2v) is 4.38. The minimum Gasteiger partial charge on any atom is -0.316 e. The molecule has 0 aromatic carbocycles. The first-order valence-corrected chi connectivity index (χ1v) is 6.57. The van der Waals surface area contributed by atoms with E-state index in [1.54, 1.807) is 17.2 Å². The molecule has 0 bridgehead atoms. The third-order valence-corrected chi connectivity index (χ3v) is 2.49. The van der Waals surface area contributed by atoms with Crippen molar-refractivity contribution in [3.05, 3.63) is 25.3 Å². The van der Waals surface area contributed by atoms with Gasteiger partial charge in [0.2, 0.25) is 5.91 Å². The quantitative estimate of drug-likeness (QED) is 0.366. The van der Waals surface area contributed by atoms with Gasteiger partial charge in [0, 0.05) is 32.1 Å². The fraction of sp³-hybridized carbons (Fsp3) is 0.643. The second kappa shape index (κ2) is 9.85. The average molecular weight is 253 g/mol. The molecule has 1 N–H and O–H groups in total. The van der Waals surface area contributed by atoms with Gasteiger partial charge in [0.05, 0.1) is 0 Å². The van der Waals surface area contributed by atoms with Crippen LogP contribution < -0.4 is 5.32 Å². The van der Waals surface area contributed by atoms with Gasteiger partial charge < -0.3 is 5.32 Å². The van der Waals surface area contributed by atoms with Gasteiger partial charge in [-0.05, 0) is 20.4 Å². The highest BCUT2D eigenvalue weighted by Crippen LogP contribution is 2.07. The Morgan fingerprint density at radius 3 is 2.22 bits per heavy atom. The molecular weight excluding hydrogens is 226 g/mol. The standard InChI is InChI=1S/C14H27N3O/c1-6-11-16(12-7-2)17(13(4)5)14(18)9-10-15-8-3/h6-7,13,15H,1-2,8-12H2,3-5H3. The highest BCUT2D eigenvalue weighted by Gasteiger charge is 2.22. The van der Waals surface area contributed by atoms with E-state index < -0.39 is 0 Å². The van der Waals surface area contributed by atoms with E-state index in [0.717, 1.165) is 6.54 Å². The van der Waals surface area contributed by atoms with Gasteiger partial charge in [-0.2, -0.15) is 0 Å². The highest BCUT2D eigenvalue weighted by atomic mass is 16.2. The van der Waals surface area contributed by atoms with Crippen LogP contribution in [0.25, 0.3) is 0 Å². The Morgan fingerprint density at radius 1 is 1.28 bits per heavy atom. The molecule has 0 aromatic heterocycles. The summed E-state index contributed by atoms with van der Waals surface area (Å²) in [6.45, 7) is 16.4. The number of hydrazine groups is 1. The van der Waals surface area contributed by atoms with Gasteiger partial charge in [-0.15, -0.1) is 13.2 Å². The minimum absolute atomic E-state index is 0.134. The van der Waals surface area contributed by atoms with Crippen LogP contribution in [-0.4, -0.2) is 48.1 Å². The molecule has 0 rings (SSSR count). The monoisotopic (exact) mass is 253 g/mol. The number of hydrogen-bond acceptors (Lipinski definition) is 3. The van der Waals surface area contributed by atoms with Crippen molar-refractivity contribution in [1.29, 1.82) is 0 Å². The Morgan fingerprint density at radius 2 is 1.83 bits per heavy atom. The number of amides is 1. The maximum absolute atomic E-state index is 12.2. The van der Waals surface area contributed by atoms with Crippen molar-refractivity contribution in [2.75, 3.05) is 26.2 Å². The lowest BCUT2D eigenvalue weighted by molar-refractivity contribution is -0.151. The van der Waals surface area contributed by atoms with Crippen LogP contribution in [0.3, 0.4) is 0 Å². The molecule has 0 unspecified atom stereocenters. The molecular formula is C14H27N3O. The Balaban J connectivity index is 4.62. The summed E-state index contributed by atoms with van der Waals surface area (Å²) in [6, 6.07) is 0.138. The number of nitrogens with zero attached hydrogens (tertiary/aromatic N) is 2. The molecule has 4 nitrogen and oxygen atoms in total. The third-order valence-electron chi connectivity index (χ3n) is 2.49. The van der Waals surface area contributed by atoms with Crippen LogP contribution >= 0.6 is 0 Å². The van der Waals surface area contributed by atoms with Gasteiger partial charge in [0.15, 0.2) is 0 Å². The predicted molar refractivity (Wildman–Crippen MR) is 77.1 cm³/mol. The lowest BCUT2D eigenvalue weighted by atomic mass is 10.3. The van der Waals surface area contributed by atoms with Crippen molar-refractivity contribution in [2.45, 2.75) is 33.2 Å². The van der Waals surface area contributed by atoms with Crippen molar-refractivity contribution < 1.29 is 4.79 Å². The van der Waals surface area contributed by atoms with E-state index in [4.69, 9.17) is 0 Å². The summed E-state index contributed by atoms with van der Waals surface area (Å²) in [4.78, 5) is 12.2. The largest absolute Gasteiger partial charge is 0.316 e. The fourth-order valence-electron chi connectivity index (χ4n) is 1.81. The number of hydrogen-bond donors (Lipinski definition) is 1. The topological polar surface area (TPSA) is 35.6 Å². The van der Waals surface area contributed by atoms with Crippen LogP contribution in [0.4, 0.5) is 0 Å². The normalized spacial score (nSPS) is 10.7. The minimum atomic E-state index is 0.134. The van der Waals surface area contributed by atoms with E-state index in [1.807, 2.05) is 25.8 Å². The van der Waals surface area contributed by atoms with Crippen LogP contribution in [0.1, 0.15) is 27.2 Å². The fourth-order valence-corrected chi connectivity index (χ4v) is 1.81. The van der Waals surface area contributed by atoms with Gasteiger partial charge in [-0.25, -0.2) is 5.01 Å². The van der Waals surface area contributed by atoms with E-state index in [-0.39, 0.29) is 11.9 Å². The van der Waals surface area contributed by atoms with Crippen molar-refractivity contribution in [3.8, 4) is 0 Å². The lowest BCUT2D eigenvalue weighted by Gasteiger charge is -2.37. The first-order chi connectivity index (χ1) is 8.58. The van der Waals surface area contributed by atoms with Crippen molar-refractivity contribution in [1.82, 2.24) is 15.3 Å². The summed E-state index contributed by atoms with van der Waals surface area (Å²) in [5.41, 5.74) is 0. The number of carbonyl (C=O) groups is 1. The van der Waals surface area contributed by atoms with E-state index >= 15 is 0 Å². The Bertz CT molecular complexity index is 254.